The van der Waals surface area contributed by atoms with Crippen LogP contribution in [0.3, 0.4) is 0 Å². The molecule has 1 unspecified atom stereocenters. The number of hydrogen-bond donors (Lipinski definition) is 0. The van der Waals surface area contributed by atoms with Gasteiger partial charge in [-0.3, -0.25) is 0 Å². The van der Waals surface area contributed by atoms with Gasteiger partial charge in [0.25, 0.3) is 0 Å². The molecular weight excluding hydrogens is 319 g/mol. The summed E-state index contributed by atoms with van der Waals surface area (Å²) in [7, 11) is -0.288. The summed E-state index contributed by atoms with van der Waals surface area (Å²) in [5.41, 5.74) is 1.04. The normalized spacial score (nSPS) is 18.2. The Morgan fingerprint density at radius 3 is 2.65 bits per heavy atom. The molecule has 1 saturated heterocycles. The van der Waals surface area contributed by atoms with Crippen LogP contribution in [0.5, 0.6) is 5.75 Å². The number of halogens is 1. The topological polar surface area (TPSA) is 27.7 Å². The first-order valence-corrected chi connectivity index (χ1v) is 7.31. The molecular formula is C15H14BBrO3. The summed E-state index contributed by atoms with van der Waals surface area (Å²) in [6.45, 7) is 1.02. The lowest BCUT2D eigenvalue weighted by molar-refractivity contribution is 0.147. The first kappa shape index (κ1) is 13.7. The Morgan fingerprint density at radius 1 is 1.10 bits per heavy atom. The van der Waals surface area contributed by atoms with E-state index in [2.05, 4.69) is 15.9 Å². The summed E-state index contributed by atoms with van der Waals surface area (Å²) >= 11 is 3.46. The molecule has 0 spiro atoms. The highest BCUT2D eigenvalue weighted by atomic mass is 79.9. The van der Waals surface area contributed by atoms with Crippen molar-refractivity contribution in [2.24, 2.45) is 0 Å². The zero-order valence-electron chi connectivity index (χ0n) is 10.9. The van der Waals surface area contributed by atoms with Crippen LogP contribution in [-0.4, -0.2) is 26.4 Å². The Hall–Kier alpha value is -1.30. The second kappa shape index (κ2) is 6.44. The minimum Gasteiger partial charge on any atom is -0.490 e. The summed E-state index contributed by atoms with van der Waals surface area (Å²) in [6, 6.07) is 17.7. The van der Waals surface area contributed by atoms with E-state index in [-0.39, 0.29) is 13.2 Å². The quantitative estimate of drug-likeness (QED) is 0.806. The van der Waals surface area contributed by atoms with Gasteiger partial charge in [-0.05, 0) is 33.5 Å². The maximum absolute atomic E-state index is 5.85. The van der Waals surface area contributed by atoms with Crippen molar-refractivity contribution in [3.8, 4) is 5.75 Å². The van der Waals surface area contributed by atoms with Crippen molar-refractivity contribution >= 4 is 28.5 Å². The molecule has 1 atom stereocenters. The van der Waals surface area contributed by atoms with Crippen LogP contribution in [0.2, 0.25) is 0 Å². The van der Waals surface area contributed by atoms with E-state index in [0.29, 0.717) is 13.2 Å². The van der Waals surface area contributed by atoms with E-state index >= 15 is 0 Å². The third kappa shape index (κ3) is 3.23. The van der Waals surface area contributed by atoms with E-state index in [9.17, 15) is 0 Å². The molecule has 0 saturated carbocycles. The van der Waals surface area contributed by atoms with Crippen molar-refractivity contribution in [1.29, 1.82) is 0 Å². The predicted octanol–water partition coefficient (Wildman–Crippen LogP) is 2.64. The standard InChI is InChI=1S/C15H14BBrO3/c17-14-8-4-5-9-15(14)18-10-13-11-19-16(20-13)12-6-2-1-3-7-12/h1-9,13H,10-11H2. The van der Waals surface area contributed by atoms with Crippen molar-refractivity contribution in [3.05, 3.63) is 59.1 Å². The minimum absolute atomic E-state index is 0.0488. The monoisotopic (exact) mass is 332 g/mol. The summed E-state index contributed by atoms with van der Waals surface area (Å²) < 4.78 is 18.2. The molecule has 0 aliphatic carbocycles. The van der Waals surface area contributed by atoms with E-state index in [1.165, 1.54) is 0 Å². The van der Waals surface area contributed by atoms with Crippen molar-refractivity contribution in [3.63, 3.8) is 0 Å². The molecule has 3 nitrogen and oxygen atoms in total. The van der Waals surface area contributed by atoms with Gasteiger partial charge in [-0.2, -0.15) is 0 Å². The number of benzene rings is 2. The zero-order chi connectivity index (χ0) is 13.8. The van der Waals surface area contributed by atoms with Gasteiger partial charge in [-0.1, -0.05) is 42.5 Å². The zero-order valence-corrected chi connectivity index (χ0v) is 12.5. The maximum atomic E-state index is 5.85. The molecule has 0 N–H and O–H groups in total. The predicted molar refractivity (Wildman–Crippen MR) is 82.3 cm³/mol. The molecule has 5 heteroatoms. The Balaban J connectivity index is 1.55. The van der Waals surface area contributed by atoms with Crippen LogP contribution >= 0.6 is 15.9 Å². The highest BCUT2D eigenvalue weighted by Gasteiger charge is 2.33. The van der Waals surface area contributed by atoms with Crippen LogP contribution in [-0.2, 0) is 9.31 Å². The summed E-state index contributed by atoms with van der Waals surface area (Å²) in [5, 5.41) is 0. The van der Waals surface area contributed by atoms with E-state index in [1.807, 2.05) is 54.6 Å². The Kier molecular flexibility index (Phi) is 4.40. The molecule has 0 amide bonds. The molecule has 0 bridgehead atoms. The Labute approximate surface area is 127 Å². The van der Waals surface area contributed by atoms with Gasteiger partial charge < -0.3 is 14.0 Å². The van der Waals surface area contributed by atoms with Gasteiger partial charge in [0.1, 0.15) is 12.4 Å². The molecule has 1 heterocycles. The van der Waals surface area contributed by atoms with Crippen LogP contribution in [0.25, 0.3) is 0 Å². The highest BCUT2D eigenvalue weighted by Crippen LogP contribution is 2.24. The van der Waals surface area contributed by atoms with Gasteiger partial charge in [0.2, 0.25) is 0 Å². The van der Waals surface area contributed by atoms with Gasteiger partial charge in [0.15, 0.2) is 0 Å². The number of rotatable bonds is 4. The molecule has 1 fully saturated rings. The molecule has 0 aromatic heterocycles. The average molecular weight is 333 g/mol. The smallest absolute Gasteiger partial charge is 0.490 e. The highest BCUT2D eigenvalue weighted by molar-refractivity contribution is 9.10. The first-order chi connectivity index (χ1) is 9.83. The fourth-order valence-electron chi connectivity index (χ4n) is 2.06. The molecule has 2 aromatic rings. The van der Waals surface area contributed by atoms with Gasteiger partial charge in [0, 0.05) is 0 Å². The second-order valence-electron chi connectivity index (χ2n) is 4.58. The van der Waals surface area contributed by atoms with Crippen molar-refractivity contribution in [2.75, 3.05) is 13.2 Å². The molecule has 3 rings (SSSR count). The van der Waals surface area contributed by atoms with Crippen LogP contribution in [0.1, 0.15) is 0 Å². The summed E-state index contributed by atoms with van der Waals surface area (Å²) in [6.07, 6.45) is -0.0488. The third-order valence-electron chi connectivity index (χ3n) is 3.08. The molecule has 20 heavy (non-hydrogen) atoms. The Morgan fingerprint density at radius 2 is 1.85 bits per heavy atom. The van der Waals surface area contributed by atoms with E-state index in [1.54, 1.807) is 0 Å². The van der Waals surface area contributed by atoms with Gasteiger partial charge in [0.05, 0.1) is 17.2 Å². The minimum atomic E-state index is -0.288. The average Bonchev–Trinajstić information content (AvgIpc) is 2.96. The molecule has 2 aromatic carbocycles. The van der Waals surface area contributed by atoms with Crippen LogP contribution in [0, 0.1) is 0 Å². The fraction of sp³-hybridized carbons (Fsp3) is 0.200. The van der Waals surface area contributed by atoms with Crippen molar-refractivity contribution in [2.45, 2.75) is 6.10 Å². The summed E-state index contributed by atoms with van der Waals surface area (Å²) in [4.78, 5) is 0. The van der Waals surface area contributed by atoms with Gasteiger partial charge in [-0.15, -0.1) is 0 Å². The Bertz CT molecular complexity index is 564. The SMILES string of the molecule is Brc1ccccc1OCC1COB(c2ccccc2)O1. The number of hydrogen-bond acceptors (Lipinski definition) is 3. The largest absolute Gasteiger partial charge is 0.494 e. The molecule has 0 radical (unpaired) electrons. The lowest BCUT2D eigenvalue weighted by Crippen LogP contribution is -2.33. The maximum Gasteiger partial charge on any atom is 0.494 e. The first-order valence-electron chi connectivity index (χ1n) is 6.52. The van der Waals surface area contributed by atoms with E-state index < -0.39 is 0 Å². The lowest BCUT2D eigenvalue weighted by Gasteiger charge is -2.12. The third-order valence-corrected chi connectivity index (χ3v) is 3.74. The number of ether oxygens (including phenoxy) is 1. The molecule has 1 aliphatic rings. The van der Waals surface area contributed by atoms with Crippen LogP contribution < -0.4 is 10.2 Å². The van der Waals surface area contributed by atoms with Crippen LogP contribution in [0.15, 0.2) is 59.1 Å². The fourth-order valence-corrected chi connectivity index (χ4v) is 2.46. The van der Waals surface area contributed by atoms with Crippen molar-refractivity contribution < 1.29 is 14.0 Å². The molecule has 1 aliphatic heterocycles. The van der Waals surface area contributed by atoms with Crippen molar-refractivity contribution in [1.82, 2.24) is 0 Å². The van der Waals surface area contributed by atoms with E-state index in [4.69, 9.17) is 14.0 Å². The van der Waals surface area contributed by atoms with Gasteiger partial charge in [-0.25, -0.2) is 0 Å². The number of para-hydroxylation sites is 1. The van der Waals surface area contributed by atoms with E-state index in [0.717, 1.165) is 15.7 Å². The van der Waals surface area contributed by atoms with Gasteiger partial charge >= 0.3 is 7.12 Å². The second-order valence-corrected chi connectivity index (χ2v) is 5.43. The van der Waals surface area contributed by atoms with Crippen LogP contribution in [0.4, 0.5) is 0 Å². The molecule has 102 valence electrons. The summed E-state index contributed by atoms with van der Waals surface area (Å²) in [5.74, 6) is 0.819. The lowest BCUT2D eigenvalue weighted by atomic mass is 9.79.